The predicted octanol–water partition coefficient (Wildman–Crippen LogP) is 2.30. The molecule has 78 valence electrons. The Morgan fingerprint density at radius 3 is 2.47 bits per heavy atom. The average Bonchev–Trinajstić information content (AvgIpc) is 2.80. The van der Waals surface area contributed by atoms with E-state index in [0.717, 1.165) is 6.42 Å². The van der Waals surface area contributed by atoms with Gasteiger partial charge in [-0.1, -0.05) is 30.3 Å². The molecule has 0 fully saturated rings. The highest BCUT2D eigenvalue weighted by molar-refractivity contribution is 5.22. The zero-order chi connectivity index (χ0) is 10.5. The summed E-state index contributed by atoms with van der Waals surface area (Å²) in [5.41, 5.74) is 8.37. The highest BCUT2D eigenvalue weighted by atomic mass is 14.7. The second kappa shape index (κ2) is 4.80. The third-order valence-electron chi connectivity index (χ3n) is 2.68. The minimum absolute atomic E-state index is 0.407. The van der Waals surface area contributed by atoms with Crippen molar-refractivity contribution in [1.82, 2.24) is 4.98 Å². The van der Waals surface area contributed by atoms with Gasteiger partial charge in [0, 0.05) is 17.8 Å². The Morgan fingerprint density at radius 2 is 1.87 bits per heavy atom. The summed E-state index contributed by atoms with van der Waals surface area (Å²) in [4.78, 5) is 3.22. The molecule has 2 aromatic rings. The second-order valence-corrected chi connectivity index (χ2v) is 3.74. The van der Waals surface area contributed by atoms with Gasteiger partial charge < -0.3 is 10.7 Å². The molecule has 0 spiro atoms. The van der Waals surface area contributed by atoms with E-state index in [-0.39, 0.29) is 0 Å². The second-order valence-electron chi connectivity index (χ2n) is 3.74. The van der Waals surface area contributed by atoms with Crippen LogP contribution in [0.4, 0.5) is 0 Å². The van der Waals surface area contributed by atoms with Gasteiger partial charge in [-0.25, -0.2) is 0 Å². The zero-order valence-corrected chi connectivity index (χ0v) is 8.69. The first-order chi connectivity index (χ1) is 7.40. The average molecular weight is 200 g/mol. The van der Waals surface area contributed by atoms with Crippen LogP contribution < -0.4 is 5.73 Å². The van der Waals surface area contributed by atoms with E-state index in [1.165, 1.54) is 11.3 Å². The number of aromatic amines is 1. The van der Waals surface area contributed by atoms with E-state index < -0.39 is 0 Å². The van der Waals surface area contributed by atoms with Crippen LogP contribution in [-0.4, -0.2) is 11.5 Å². The molecule has 0 aliphatic carbocycles. The van der Waals surface area contributed by atoms with Crippen molar-refractivity contribution in [2.75, 3.05) is 6.54 Å². The first kappa shape index (κ1) is 9.99. The maximum Gasteiger partial charge on any atom is 0.0153 e. The van der Waals surface area contributed by atoms with Crippen molar-refractivity contribution in [1.29, 1.82) is 0 Å². The lowest BCUT2D eigenvalue weighted by Crippen LogP contribution is -2.15. The van der Waals surface area contributed by atoms with Crippen molar-refractivity contribution >= 4 is 0 Å². The number of aromatic nitrogens is 1. The van der Waals surface area contributed by atoms with Crippen LogP contribution in [0.25, 0.3) is 0 Å². The van der Waals surface area contributed by atoms with Crippen LogP contribution in [-0.2, 0) is 6.42 Å². The summed E-state index contributed by atoms with van der Waals surface area (Å²) in [5.74, 6) is 0.407. The molecule has 0 aliphatic rings. The summed E-state index contributed by atoms with van der Waals surface area (Å²) in [6, 6.07) is 14.6. The molecular formula is C13H16N2. The van der Waals surface area contributed by atoms with E-state index in [4.69, 9.17) is 5.73 Å². The van der Waals surface area contributed by atoms with Crippen molar-refractivity contribution in [3.05, 3.63) is 59.9 Å². The zero-order valence-electron chi connectivity index (χ0n) is 8.69. The number of nitrogens with two attached hydrogens (primary N) is 1. The van der Waals surface area contributed by atoms with Crippen molar-refractivity contribution in [2.45, 2.75) is 12.3 Å². The van der Waals surface area contributed by atoms with Gasteiger partial charge in [-0.3, -0.25) is 0 Å². The van der Waals surface area contributed by atoms with E-state index >= 15 is 0 Å². The molecule has 1 atom stereocenters. The minimum atomic E-state index is 0.407. The lowest BCUT2D eigenvalue weighted by molar-refractivity contribution is 0.684. The van der Waals surface area contributed by atoms with E-state index in [2.05, 4.69) is 35.3 Å². The summed E-state index contributed by atoms with van der Waals surface area (Å²) in [5, 5.41) is 0. The van der Waals surface area contributed by atoms with Gasteiger partial charge in [0.05, 0.1) is 0 Å². The Labute approximate surface area is 90.1 Å². The van der Waals surface area contributed by atoms with Gasteiger partial charge in [0.1, 0.15) is 0 Å². The van der Waals surface area contributed by atoms with E-state index in [1.54, 1.807) is 0 Å². The van der Waals surface area contributed by atoms with Crippen LogP contribution in [0.2, 0.25) is 0 Å². The van der Waals surface area contributed by atoms with Gasteiger partial charge in [-0.15, -0.1) is 0 Å². The van der Waals surface area contributed by atoms with Crippen molar-refractivity contribution < 1.29 is 0 Å². The third kappa shape index (κ3) is 2.48. The molecule has 1 heterocycles. The molecule has 15 heavy (non-hydrogen) atoms. The highest BCUT2D eigenvalue weighted by Gasteiger charge is 2.10. The summed E-state index contributed by atoms with van der Waals surface area (Å²) in [6.07, 6.45) is 2.93. The quantitative estimate of drug-likeness (QED) is 0.781. The smallest absolute Gasteiger partial charge is 0.0153 e. The van der Waals surface area contributed by atoms with Gasteiger partial charge in [-0.05, 0) is 30.7 Å². The van der Waals surface area contributed by atoms with Crippen LogP contribution in [0, 0.1) is 0 Å². The Balaban J connectivity index is 2.12. The van der Waals surface area contributed by atoms with Gasteiger partial charge in [0.25, 0.3) is 0 Å². The first-order valence-electron chi connectivity index (χ1n) is 5.27. The predicted molar refractivity (Wildman–Crippen MR) is 62.7 cm³/mol. The Morgan fingerprint density at radius 1 is 1.07 bits per heavy atom. The largest absolute Gasteiger partial charge is 0.365 e. The van der Waals surface area contributed by atoms with E-state index in [1.807, 2.05) is 18.3 Å². The maximum atomic E-state index is 5.81. The fraction of sp³-hybridized carbons (Fsp3) is 0.231. The van der Waals surface area contributed by atoms with Crippen molar-refractivity contribution in [3.8, 4) is 0 Å². The number of benzene rings is 1. The number of H-pyrrole nitrogens is 1. The molecule has 0 saturated carbocycles. The molecule has 1 aromatic carbocycles. The molecular weight excluding hydrogens is 184 g/mol. The van der Waals surface area contributed by atoms with Crippen LogP contribution in [0.1, 0.15) is 17.2 Å². The molecule has 1 aromatic heterocycles. The molecule has 0 saturated heterocycles. The Bertz CT molecular complexity index is 378. The summed E-state index contributed by atoms with van der Waals surface area (Å²) >= 11 is 0. The van der Waals surface area contributed by atoms with Crippen molar-refractivity contribution in [3.63, 3.8) is 0 Å². The number of rotatable bonds is 4. The minimum Gasteiger partial charge on any atom is -0.365 e. The number of hydrogen-bond donors (Lipinski definition) is 2. The normalized spacial score (nSPS) is 12.6. The standard InChI is InChI=1S/C13H16N2/c14-10-12(9-13-7-4-8-15-13)11-5-2-1-3-6-11/h1-8,12,15H,9-10,14H2. The van der Waals surface area contributed by atoms with Gasteiger partial charge >= 0.3 is 0 Å². The lowest BCUT2D eigenvalue weighted by Gasteiger charge is -2.13. The Hall–Kier alpha value is -1.54. The molecule has 1 unspecified atom stereocenters. The third-order valence-corrected chi connectivity index (χ3v) is 2.68. The van der Waals surface area contributed by atoms with Crippen LogP contribution in [0.5, 0.6) is 0 Å². The van der Waals surface area contributed by atoms with Crippen LogP contribution in [0.3, 0.4) is 0 Å². The van der Waals surface area contributed by atoms with Crippen LogP contribution in [0.15, 0.2) is 48.7 Å². The fourth-order valence-electron chi connectivity index (χ4n) is 1.82. The number of nitrogens with one attached hydrogen (secondary N) is 1. The summed E-state index contributed by atoms with van der Waals surface area (Å²) in [6.45, 7) is 0.684. The topological polar surface area (TPSA) is 41.8 Å². The SMILES string of the molecule is NCC(Cc1ccc[nH]1)c1ccccc1. The summed E-state index contributed by atoms with van der Waals surface area (Å²) < 4.78 is 0. The Kier molecular flexibility index (Phi) is 3.20. The van der Waals surface area contributed by atoms with Gasteiger partial charge in [0.15, 0.2) is 0 Å². The molecule has 2 heteroatoms. The molecule has 0 bridgehead atoms. The van der Waals surface area contributed by atoms with Crippen molar-refractivity contribution in [2.24, 2.45) is 5.73 Å². The molecule has 0 aliphatic heterocycles. The molecule has 3 N–H and O–H groups in total. The first-order valence-corrected chi connectivity index (χ1v) is 5.27. The molecule has 0 radical (unpaired) electrons. The summed E-state index contributed by atoms with van der Waals surface area (Å²) in [7, 11) is 0. The highest BCUT2D eigenvalue weighted by Crippen LogP contribution is 2.18. The number of hydrogen-bond acceptors (Lipinski definition) is 1. The van der Waals surface area contributed by atoms with Gasteiger partial charge in [0.2, 0.25) is 0 Å². The van der Waals surface area contributed by atoms with E-state index in [9.17, 15) is 0 Å². The fourth-order valence-corrected chi connectivity index (χ4v) is 1.82. The van der Waals surface area contributed by atoms with Crippen LogP contribution >= 0.6 is 0 Å². The van der Waals surface area contributed by atoms with Gasteiger partial charge in [-0.2, -0.15) is 0 Å². The molecule has 2 rings (SSSR count). The molecule has 2 nitrogen and oxygen atoms in total. The molecule has 0 amide bonds. The lowest BCUT2D eigenvalue weighted by atomic mass is 9.94. The maximum absolute atomic E-state index is 5.81. The van der Waals surface area contributed by atoms with E-state index in [0.29, 0.717) is 12.5 Å². The monoisotopic (exact) mass is 200 g/mol.